The van der Waals surface area contributed by atoms with Gasteiger partial charge >= 0.3 is 0 Å². The first kappa shape index (κ1) is 16.5. The smallest absolute Gasteiger partial charge is 0.241 e. The minimum atomic E-state index is -0.103. The monoisotopic (exact) mass is 310 g/mol. The summed E-state index contributed by atoms with van der Waals surface area (Å²) >= 11 is 1.75. The highest BCUT2D eigenvalue weighted by atomic mass is 32.1. The number of carbonyl (C=O) groups excluding carboxylic acids is 1. The second-order valence-corrected chi connectivity index (χ2v) is 7.41. The summed E-state index contributed by atoms with van der Waals surface area (Å²) in [7, 11) is 0. The minimum Gasteiger partial charge on any atom is -0.381 e. The molecule has 0 bridgehead atoms. The van der Waals surface area contributed by atoms with E-state index in [0.29, 0.717) is 12.5 Å². The van der Waals surface area contributed by atoms with Crippen LogP contribution in [0.2, 0.25) is 0 Å². The molecule has 0 spiro atoms. The van der Waals surface area contributed by atoms with Crippen molar-refractivity contribution in [3.63, 3.8) is 0 Å². The fourth-order valence-electron chi connectivity index (χ4n) is 2.51. The highest BCUT2D eigenvalue weighted by Gasteiger charge is 2.37. The molecule has 1 aliphatic heterocycles. The van der Waals surface area contributed by atoms with Gasteiger partial charge in [0.05, 0.1) is 6.04 Å². The molecule has 1 fully saturated rings. The average Bonchev–Trinajstić information content (AvgIpc) is 2.96. The summed E-state index contributed by atoms with van der Waals surface area (Å²) in [5.41, 5.74) is 0. The molecule has 0 aliphatic carbocycles. The zero-order chi connectivity index (χ0) is 15.4. The average molecular weight is 310 g/mol. The Morgan fingerprint density at radius 3 is 2.81 bits per heavy atom. The second kappa shape index (κ2) is 7.38. The van der Waals surface area contributed by atoms with Crippen LogP contribution >= 0.6 is 11.3 Å². The number of thiophene rings is 1. The number of hydrogen-bond acceptors (Lipinski definition) is 4. The molecule has 118 valence electrons. The number of nitrogens with one attached hydrogen (secondary N) is 1. The van der Waals surface area contributed by atoms with E-state index < -0.39 is 0 Å². The summed E-state index contributed by atoms with van der Waals surface area (Å²) in [6.07, 6.45) is 0.907. The van der Waals surface area contributed by atoms with Crippen LogP contribution in [0, 0.1) is 12.8 Å². The number of ether oxygens (including phenoxy) is 1. The maximum absolute atomic E-state index is 12.3. The molecule has 1 aromatic heterocycles. The maximum atomic E-state index is 12.3. The molecule has 21 heavy (non-hydrogen) atoms. The minimum absolute atomic E-state index is 0.0244. The van der Waals surface area contributed by atoms with Crippen LogP contribution in [0.15, 0.2) is 12.1 Å². The molecule has 1 N–H and O–H groups in total. The molecule has 0 aromatic carbocycles. The van der Waals surface area contributed by atoms with E-state index in [1.165, 1.54) is 9.75 Å². The van der Waals surface area contributed by atoms with Gasteiger partial charge in [0.1, 0.15) is 6.17 Å². The molecule has 2 heterocycles. The quantitative estimate of drug-likeness (QED) is 0.787. The van der Waals surface area contributed by atoms with Gasteiger partial charge in [-0.05, 0) is 38.3 Å². The predicted molar refractivity (Wildman–Crippen MR) is 86.4 cm³/mol. The van der Waals surface area contributed by atoms with Crippen LogP contribution < -0.4 is 5.32 Å². The van der Waals surface area contributed by atoms with Crippen LogP contribution in [0.25, 0.3) is 0 Å². The number of aryl methyl sites for hydroxylation is 1. The van der Waals surface area contributed by atoms with Crippen molar-refractivity contribution in [2.75, 3.05) is 19.8 Å². The summed E-state index contributed by atoms with van der Waals surface area (Å²) in [6.45, 7) is 10.6. The van der Waals surface area contributed by atoms with E-state index in [2.05, 4.69) is 38.2 Å². The number of rotatable bonds is 7. The van der Waals surface area contributed by atoms with Gasteiger partial charge in [0.15, 0.2) is 0 Å². The summed E-state index contributed by atoms with van der Waals surface area (Å²) in [5, 5.41) is 3.39. The lowest BCUT2D eigenvalue weighted by Crippen LogP contribution is -2.31. The number of amides is 1. The molecule has 1 aliphatic rings. The lowest BCUT2D eigenvalue weighted by Gasteiger charge is -2.23. The van der Waals surface area contributed by atoms with E-state index in [9.17, 15) is 4.79 Å². The number of carbonyl (C=O) groups is 1. The highest BCUT2D eigenvalue weighted by Crippen LogP contribution is 2.30. The van der Waals surface area contributed by atoms with Crippen molar-refractivity contribution in [3.8, 4) is 0 Å². The third-order valence-electron chi connectivity index (χ3n) is 3.54. The molecule has 1 aromatic rings. The zero-order valence-electron chi connectivity index (χ0n) is 13.4. The van der Waals surface area contributed by atoms with Gasteiger partial charge in [-0.1, -0.05) is 13.8 Å². The fraction of sp³-hybridized carbons (Fsp3) is 0.688. The van der Waals surface area contributed by atoms with Crippen LogP contribution in [0.1, 0.15) is 43.1 Å². The summed E-state index contributed by atoms with van der Waals surface area (Å²) in [5.74, 6) is 0.747. The topological polar surface area (TPSA) is 41.6 Å². The van der Waals surface area contributed by atoms with Crippen LogP contribution in [-0.2, 0) is 9.53 Å². The van der Waals surface area contributed by atoms with Crippen LogP contribution in [0.5, 0.6) is 0 Å². The van der Waals surface area contributed by atoms with E-state index in [4.69, 9.17) is 4.74 Å². The number of nitrogens with zero attached hydrogens (tertiary/aromatic N) is 1. The molecular formula is C16H26N2O2S. The van der Waals surface area contributed by atoms with Crippen LogP contribution in [0.4, 0.5) is 0 Å². The largest absolute Gasteiger partial charge is 0.381 e. The van der Waals surface area contributed by atoms with E-state index in [-0.39, 0.29) is 18.1 Å². The van der Waals surface area contributed by atoms with Gasteiger partial charge in [-0.15, -0.1) is 11.3 Å². The van der Waals surface area contributed by atoms with Crippen molar-refractivity contribution in [3.05, 3.63) is 21.9 Å². The Morgan fingerprint density at radius 1 is 1.43 bits per heavy atom. The summed E-state index contributed by atoms with van der Waals surface area (Å²) < 4.78 is 5.61. The Morgan fingerprint density at radius 2 is 2.19 bits per heavy atom. The molecule has 2 atom stereocenters. The molecule has 1 amide bonds. The zero-order valence-corrected chi connectivity index (χ0v) is 14.2. The molecule has 4 nitrogen and oxygen atoms in total. The number of hydrogen-bond donors (Lipinski definition) is 1. The van der Waals surface area contributed by atoms with Crippen molar-refractivity contribution in [2.45, 2.75) is 46.3 Å². The highest BCUT2D eigenvalue weighted by molar-refractivity contribution is 7.12. The van der Waals surface area contributed by atoms with Gasteiger partial charge < -0.3 is 9.64 Å². The summed E-state index contributed by atoms with van der Waals surface area (Å²) in [4.78, 5) is 16.7. The molecule has 0 saturated carbocycles. The molecule has 5 heteroatoms. The Bertz CT molecular complexity index is 473. The van der Waals surface area contributed by atoms with Crippen molar-refractivity contribution in [1.29, 1.82) is 0 Å². The van der Waals surface area contributed by atoms with Crippen molar-refractivity contribution in [2.24, 2.45) is 5.92 Å². The maximum Gasteiger partial charge on any atom is 0.241 e. The van der Waals surface area contributed by atoms with Gasteiger partial charge in [0.25, 0.3) is 0 Å². The van der Waals surface area contributed by atoms with Crippen LogP contribution in [-0.4, -0.2) is 36.6 Å². The van der Waals surface area contributed by atoms with Gasteiger partial charge in [0.2, 0.25) is 5.91 Å². The Labute approximate surface area is 131 Å². The fourth-order valence-corrected chi connectivity index (χ4v) is 3.46. The molecule has 1 saturated heterocycles. The Balaban J connectivity index is 1.90. The first-order valence-electron chi connectivity index (χ1n) is 7.69. The normalized spacial score (nSPS) is 22.5. The van der Waals surface area contributed by atoms with Gasteiger partial charge in [-0.2, -0.15) is 0 Å². The first-order chi connectivity index (χ1) is 9.99. The summed E-state index contributed by atoms with van der Waals surface area (Å²) in [6, 6.07) is 4.12. The standard InChI is InChI=1S/C16H26N2O2S/c1-11(2)10-20-9-5-8-18-15(17-13(4)16(18)19)14-7-6-12(3)21-14/h6-7,11,13,15,17H,5,8-10H2,1-4H3. The SMILES string of the molecule is Cc1ccc(C2NC(C)C(=O)N2CCCOCC(C)C)s1. The van der Waals surface area contributed by atoms with Crippen molar-refractivity contribution in [1.82, 2.24) is 10.2 Å². The molecule has 0 radical (unpaired) electrons. The lowest BCUT2D eigenvalue weighted by atomic mass is 10.2. The van der Waals surface area contributed by atoms with Crippen molar-refractivity contribution >= 4 is 17.2 Å². The third kappa shape index (κ3) is 4.28. The van der Waals surface area contributed by atoms with E-state index in [1.807, 2.05) is 11.8 Å². The van der Waals surface area contributed by atoms with E-state index >= 15 is 0 Å². The van der Waals surface area contributed by atoms with Gasteiger partial charge in [-0.25, -0.2) is 0 Å². The Hall–Kier alpha value is -0.910. The second-order valence-electron chi connectivity index (χ2n) is 6.09. The first-order valence-corrected chi connectivity index (χ1v) is 8.51. The lowest BCUT2D eigenvalue weighted by molar-refractivity contribution is -0.130. The van der Waals surface area contributed by atoms with E-state index in [1.54, 1.807) is 11.3 Å². The Kier molecular flexibility index (Phi) is 5.79. The third-order valence-corrected chi connectivity index (χ3v) is 4.60. The van der Waals surface area contributed by atoms with Crippen molar-refractivity contribution < 1.29 is 9.53 Å². The van der Waals surface area contributed by atoms with Gasteiger partial charge in [-0.3, -0.25) is 10.1 Å². The molecule has 2 unspecified atom stereocenters. The molecule has 2 rings (SSSR count). The van der Waals surface area contributed by atoms with Crippen LogP contribution in [0.3, 0.4) is 0 Å². The predicted octanol–water partition coefficient (Wildman–Crippen LogP) is 2.94. The van der Waals surface area contributed by atoms with E-state index in [0.717, 1.165) is 19.6 Å². The molecular weight excluding hydrogens is 284 g/mol. The van der Waals surface area contributed by atoms with Gasteiger partial charge in [0, 0.05) is 29.5 Å².